The molecule has 3 nitrogen and oxygen atoms in total. The van der Waals surface area contributed by atoms with Gasteiger partial charge >= 0.3 is 0 Å². The summed E-state index contributed by atoms with van der Waals surface area (Å²) in [5.74, 6) is 0. The molecule has 12 heavy (non-hydrogen) atoms. The fourth-order valence-corrected chi connectivity index (χ4v) is 2.33. The van der Waals surface area contributed by atoms with Gasteiger partial charge in [-0.25, -0.2) is 0 Å². The van der Waals surface area contributed by atoms with Crippen molar-refractivity contribution in [2.75, 3.05) is 26.2 Å². The standard InChI is InChI=1S/C9H16N2O/c12-8-11-5-2-9(3-6-11)1-4-10-7-9/h8,10H,1-7H2. The predicted molar refractivity (Wildman–Crippen MR) is 46.8 cm³/mol. The minimum absolute atomic E-state index is 0.541. The Morgan fingerprint density at radius 3 is 2.50 bits per heavy atom. The van der Waals surface area contributed by atoms with Gasteiger partial charge in [-0.05, 0) is 31.2 Å². The van der Waals surface area contributed by atoms with E-state index in [-0.39, 0.29) is 0 Å². The maximum Gasteiger partial charge on any atom is 0.209 e. The molecule has 0 bridgehead atoms. The van der Waals surface area contributed by atoms with Crippen molar-refractivity contribution in [2.24, 2.45) is 5.41 Å². The molecule has 0 saturated carbocycles. The summed E-state index contributed by atoms with van der Waals surface area (Å²) in [6, 6.07) is 0. The summed E-state index contributed by atoms with van der Waals surface area (Å²) in [7, 11) is 0. The van der Waals surface area contributed by atoms with E-state index in [0.717, 1.165) is 19.5 Å². The highest BCUT2D eigenvalue weighted by Crippen LogP contribution is 2.36. The van der Waals surface area contributed by atoms with Gasteiger partial charge < -0.3 is 10.2 Å². The largest absolute Gasteiger partial charge is 0.345 e. The maximum atomic E-state index is 10.5. The van der Waals surface area contributed by atoms with E-state index < -0.39 is 0 Å². The fraction of sp³-hybridized carbons (Fsp3) is 0.889. The average Bonchev–Trinajstić information content (AvgIpc) is 2.55. The molecule has 2 saturated heterocycles. The van der Waals surface area contributed by atoms with Crippen LogP contribution in [0.1, 0.15) is 19.3 Å². The number of likely N-dealkylation sites (tertiary alicyclic amines) is 1. The number of nitrogens with one attached hydrogen (secondary N) is 1. The van der Waals surface area contributed by atoms with Crippen LogP contribution in [0.25, 0.3) is 0 Å². The molecular formula is C9H16N2O. The van der Waals surface area contributed by atoms with Crippen LogP contribution < -0.4 is 5.32 Å². The monoisotopic (exact) mass is 168 g/mol. The molecule has 68 valence electrons. The number of nitrogens with zero attached hydrogens (tertiary/aromatic N) is 1. The molecule has 0 aromatic carbocycles. The minimum Gasteiger partial charge on any atom is -0.345 e. The first-order valence-corrected chi connectivity index (χ1v) is 4.75. The van der Waals surface area contributed by atoms with Crippen molar-refractivity contribution in [3.8, 4) is 0 Å². The Kier molecular flexibility index (Phi) is 2.05. The zero-order chi connectivity index (χ0) is 8.44. The van der Waals surface area contributed by atoms with Crippen LogP contribution in [0.3, 0.4) is 0 Å². The molecule has 0 unspecified atom stereocenters. The van der Waals surface area contributed by atoms with E-state index in [9.17, 15) is 4.79 Å². The lowest BCUT2D eigenvalue weighted by Gasteiger charge is -2.37. The number of piperidine rings is 1. The van der Waals surface area contributed by atoms with Crippen molar-refractivity contribution in [1.29, 1.82) is 0 Å². The lowest BCUT2D eigenvalue weighted by atomic mass is 9.78. The molecule has 0 aromatic heterocycles. The summed E-state index contributed by atoms with van der Waals surface area (Å²) in [6.07, 6.45) is 4.67. The van der Waals surface area contributed by atoms with Crippen molar-refractivity contribution >= 4 is 6.41 Å². The van der Waals surface area contributed by atoms with Crippen LogP contribution in [0.2, 0.25) is 0 Å². The summed E-state index contributed by atoms with van der Waals surface area (Å²) in [6.45, 7) is 4.26. The van der Waals surface area contributed by atoms with Crippen molar-refractivity contribution in [2.45, 2.75) is 19.3 Å². The third-order valence-electron chi connectivity index (χ3n) is 3.34. The average molecular weight is 168 g/mol. The topological polar surface area (TPSA) is 32.3 Å². The fourth-order valence-electron chi connectivity index (χ4n) is 2.33. The number of hydrogen-bond donors (Lipinski definition) is 1. The summed E-state index contributed by atoms with van der Waals surface area (Å²) >= 11 is 0. The third kappa shape index (κ3) is 1.33. The Morgan fingerprint density at radius 1 is 1.25 bits per heavy atom. The molecule has 2 aliphatic heterocycles. The van der Waals surface area contributed by atoms with Crippen LogP contribution in [0.4, 0.5) is 0 Å². The van der Waals surface area contributed by atoms with Crippen molar-refractivity contribution < 1.29 is 4.79 Å². The van der Waals surface area contributed by atoms with Gasteiger partial charge in [-0.2, -0.15) is 0 Å². The molecular weight excluding hydrogens is 152 g/mol. The second kappa shape index (κ2) is 3.05. The summed E-state index contributed by atoms with van der Waals surface area (Å²) in [5, 5.41) is 3.41. The molecule has 1 amide bonds. The quantitative estimate of drug-likeness (QED) is 0.568. The molecule has 0 radical (unpaired) electrons. The van der Waals surface area contributed by atoms with Gasteiger partial charge in [0.1, 0.15) is 0 Å². The lowest BCUT2D eigenvalue weighted by Crippen LogP contribution is -2.40. The summed E-state index contributed by atoms with van der Waals surface area (Å²) in [5.41, 5.74) is 0.541. The lowest BCUT2D eigenvalue weighted by molar-refractivity contribution is -0.120. The van der Waals surface area contributed by atoms with Crippen molar-refractivity contribution in [3.05, 3.63) is 0 Å². The van der Waals surface area contributed by atoms with Gasteiger partial charge in [-0.15, -0.1) is 0 Å². The van der Waals surface area contributed by atoms with Gasteiger partial charge in [0.15, 0.2) is 0 Å². The Morgan fingerprint density at radius 2 is 2.00 bits per heavy atom. The van der Waals surface area contributed by atoms with E-state index in [1.807, 2.05) is 4.90 Å². The van der Waals surface area contributed by atoms with E-state index in [0.29, 0.717) is 5.41 Å². The molecule has 2 fully saturated rings. The third-order valence-corrected chi connectivity index (χ3v) is 3.34. The van der Waals surface area contributed by atoms with Crippen LogP contribution in [0, 0.1) is 5.41 Å². The van der Waals surface area contributed by atoms with Gasteiger partial charge in [-0.3, -0.25) is 4.79 Å². The smallest absolute Gasteiger partial charge is 0.209 e. The second-order valence-electron chi connectivity index (χ2n) is 4.07. The van der Waals surface area contributed by atoms with Crippen LogP contribution in [0.15, 0.2) is 0 Å². The number of rotatable bonds is 1. The minimum atomic E-state index is 0.541. The highest BCUT2D eigenvalue weighted by atomic mass is 16.1. The predicted octanol–water partition coefficient (Wildman–Crippen LogP) is 0.218. The number of carbonyl (C=O) groups excluding carboxylic acids is 1. The highest BCUT2D eigenvalue weighted by molar-refractivity contribution is 5.47. The molecule has 2 heterocycles. The molecule has 1 N–H and O–H groups in total. The van der Waals surface area contributed by atoms with Gasteiger partial charge in [0.05, 0.1) is 0 Å². The van der Waals surface area contributed by atoms with Gasteiger partial charge in [0.25, 0.3) is 0 Å². The normalized spacial score (nSPS) is 27.8. The Hall–Kier alpha value is -0.570. The second-order valence-corrected chi connectivity index (χ2v) is 4.07. The van der Waals surface area contributed by atoms with Crippen LogP contribution in [-0.2, 0) is 4.79 Å². The molecule has 0 aromatic rings. The van der Waals surface area contributed by atoms with Crippen molar-refractivity contribution in [3.63, 3.8) is 0 Å². The Balaban J connectivity index is 1.92. The van der Waals surface area contributed by atoms with Gasteiger partial charge in [0, 0.05) is 19.6 Å². The first kappa shape index (κ1) is 8.05. The zero-order valence-corrected chi connectivity index (χ0v) is 7.38. The number of amides is 1. The number of carbonyl (C=O) groups is 1. The summed E-state index contributed by atoms with van der Waals surface area (Å²) in [4.78, 5) is 12.4. The van der Waals surface area contributed by atoms with Crippen LogP contribution >= 0.6 is 0 Å². The van der Waals surface area contributed by atoms with Gasteiger partial charge in [0.2, 0.25) is 6.41 Å². The highest BCUT2D eigenvalue weighted by Gasteiger charge is 2.36. The van der Waals surface area contributed by atoms with Crippen LogP contribution in [0.5, 0.6) is 0 Å². The molecule has 2 rings (SSSR count). The maximum absolute atomic E-state index is 10.5. The van der Waals surface area contributed by atoms with E-state index >= 15 is 0 Å². The molecule has 3 heteroatoms. The van der Waals surface area contributed by atoms with Crippen LogP contribution in [-0.4, -0.2) is 37.5 Å². The SMILES string of the molecule is O=CN1CCC2(CCNC2)CC1. The van der Waals surface area contributed by atoms with E-state index in [4.69, 9.17) is 0 Å². The zero-order valence-electron chi connectivity index (χ0n) is 7.38. The summed E-state index contributed by atoms with van der Waals surface area (Å²) < 4.78 is 0. The van der Waals surface area contributed by atoms with Gasteiger partial charge in [-0.1, -0.05) is 0 Å². The van der Waals surface area contributed by atoms with E-state index in [1.54, 1.807) is 0 Å². The van der Waals surface area contributed by atoms with E-state index in [2.05, 4.69) is 5.32 Å². The Bertz CT molecular complexity index is 165. The van der Waals surface area contributed by atoms with Crippen molar-refractivity contribution in [1.82, 2.24) is 10.2 Å². The first-order chi connectivity index (χ1) is 5.85. The molecule has 1 spiro atoms. The van der Waals surface area contributed by atoms with E-state index in [1.165, 1.54) is 32.4 Å². The first-order valence-electron chi connectivity index (χ1n) is 4.75. The molecule has 0 aliphatic carbocycles. The number of hydrogen-bond acceptors (Lipinski definition) is 2. The molecule has 0 atom stereocenters. The Labute approximate surface area is 73.1 Å². The molecule has 2 aliphatic rings.